The summed E-state index contributed by atoms with van der Waals surface area (Å²) < 4.78 is 16.2. The van der Waals surface area contributed by atoms with E-state index in [9.17, 15) is 0 Å². The van der Waals surface area contributed by atoms with Crippen molar-refractivity contribution < 1.29 is 14.2 Å². The molecule has 2 aromatic carbocycles. The van der Waals surface area contributed by atoms with E-state index in [4.69, 9.17) is 49.6 Å². The fraction of sp³-hybridized carbons (Fsp3) is 0.278. The topological polar surface area (TPSA) is 39.7 Å². The van der Waals surface area contributed by atoms with Gasteiger partial charge in [0, 0.05) is 24.2 Å². The number of rotatable bonds is 8. The van der Waals surface area contributed by atoms with E-state index in [1.807, 2.05) is 24.3 Å². The number of ether oxygens (including phenoxy) is 3. The summed E-state index contributed by atoms with van der Waals surface area (Å²) in [5.41, 5.74) is 1.73. The molecule has 0 radical (unpaired) electrons. The first-order chi connectivity index (χ1) is 12.0. The van der Waals surface area contributed by atoms with E-state index in [1.165, 1.54) is 0 Å². The molecular weight excluding hydrogens is 381 g/mol. The van der Waals surface area contributed by atoms with Gasteiger partial charge >= 0.3 is 0 Å². The third kappa shape index (κ3) is 5.75. The number of benzene rings is 2. The van der Waals surface area contributed by atoms with Gasteiger partial charge in [0.1, 0.15) is 11.6 Å². The molecule has 2 rings (SSSR count). The van der Waals surface area contributed by atoms with Crippen LogP contribution in [0.25, 0.3) is 0 Å². The van der Waals surface area contributed by atoms with Gasteiger partial charge in [-0.3, -0.25) is 0 Å². The number of nitrogens with one attached hydrogen (secondary N) is 1. The van der Waals surface area contributed by atoms with Crippen molar-refractivity contribution in [3.8, 4) is 11.5 Å². The Morgan fingerprint density at radius 2 is 1.84 bits per heavy atom. The lowest BCUT2D eigenvalue weighted by atomic mass is 10.2. The first kappa shape index (κ1) is 19.8. The van der Waals surface area contributed by atoms with Crippen molar-refractivity contribution in [2.75, 3.05) is 27.4 Å². The molecule has 0 spiro atoms. The molecule has 2 aromatic rings. The lowest BCUT2D eigenvalue weighted by molar-refractivity contribution is 0.204. The maximum absolute atomic E-state index is 6.37. The van der Waals surface area contributed by atoms with Gasteiger partial charge in [0.15, 0.2) is 11.5 Å². The van der Waals surface area contributed by atoms with Gasteiger partial charge in [-0.25, -0.2) is 0 Å². The van der Waals surface area contributed by atoms with Crippen LogP contribution in [-0.2, 0) is 11.3 Å². The van der Waals surface area contributed by atoms with Crippen LogP contribution in [0.15, 0.2) is 36.4 Å². The summed E-state index contributed by atoms with van der Waals surface area (Å²) in [5, 5.41) is 4.21. The van der Waals surface area contributed by atoms with E-state index in [1.54, 1.807) is 26.4 Å². The maximum Gasteiger partial charge on any atom is 0.180 e. The number of thiocarbonyl (C=S) groups is 1. The van der Waals surface area contributed by atoms with Crippen molar-refractivity contribution in [3.05, 3.63) is 57.6 Å². The van der Waals surface area contributed by atoms with E-state index >= 15 is 0 Å². The molecule has 7 heteroatoms. The molecule has 0 unspecified atom stereocenters. The van der Waals surface area contributed by atoms with Gasteiger partial charge in [-0.2, -0.15) is 0 Å². The van der Waals surface area contributed by atoms with Crippen LogP contribution in [0.2, 0.25) is 10.0 Å². The Bertz CT molecular complexity index is 723. The normalized spacial score (nSPS) is 10.4. The van der Waals surface area contributed by atoms with Gasteiger partial charge in [0.05, 0.1) is 18.7 Å². The Hall–Kier alpha value is -1.53. The van der Waals surface area contributed by atoms with Crippen molar-refractivity contribution in [2.45, 2.75) is 6.61 Å². The van der Waals surface area contributed by atoms with E-state index in [-0.39, 0.29) is 0 Å². The molecule has 0 heterocycles. The van der Waals surface area contributed by atoms with Gasteiger partial charge in [0.2, 0.25) is 0 Å². The van der Waals surface area contributed by atoms with Crippen LogP contribution < -0.4 is 14.8 Å². The largest absolute Gasteiger partial charge is 0.493 e. The van der Waals surface area contributed by atoms with E-state index in [0.29, 0.717) is 46.3 Å². The predicted octanol–water partition coefficient (Wildman–Crippen LogP) is 4.49. The lowest BCUT2D eigenvalue weighted by Crippen LogP contribution is -2.26. The van der Waals surface area contributed by atoms with Gasteiger partial charge in [-0.1, -0.05) is 47.6 Å². The zero-order valence-corrected chi connectivity index (χ0v) is 16.3. The van der Waals surface area contributed by atoms with Crippen molar-refractivity contribution in [1.82, 2.24) is 5.32 Å². The Morgan fingerprint density at radius 1 is 1.12 bits per heavy atom. The summed E-state index contributed by atoms with van der Waals surface area (Å²) in [6, 6.07) is 11.0. The van der Waals surface area contributed by atoms with E-state index in [2.05, 4.69) is 5.32 Å². The summed E-state index contributed by atoms with van der Waals surface area (Å²) in [6.45, 7) is 1.53. The van der Waals surface area contributed by atoms with Crippen LogP contribution in [0.3, 0.4) is 0 Å². The van der Waals surface area contributed by atoms with Crippen LogP contribution >= 0.6 is 35.4 Å². The molecule has 0 bridgehead atoms. The van der Waals surface area contributed by atoms with Gasteiger partial charge in [-0.15, -0.1) is 0 Å². The summed E-state index contributed by atoms with van der Waals surface area (Å²) in [7, 11) is 3.20. The lowest BCUT2D eigenvalue weighted by Gasteiger charge is -2.15. The zero-order valence-electron chi connectivity index (χ0n) is 14.0. The van der Waals surface area contributed by atoms with Crippen molar-refractivity contribution in [2.24, 2.45) is 0 Å². The second-order valence-electron chi connectivity index (χ2n) is 5.15. The first-order valence-corrected chi connectivity index (χ1v) is 8.73. The molecule has 0 aliphatic rings. The predicted molar refractivity (Wildman–Crippen MR) is 105 cm³/mol. The Kier molecular flexibility index (Phi) is 7.78. The second kappa shape index (κ2) is 9.82. The molecule has 0 fully saturated rings. The molecule has 0 saturated carbocycles. The molecule has 0 atom stereocenters. The molecular formula is C18H19Cl2NO3S. The standard InChI is InChI=1S/C18H19Cl2NO3S/c1-22-8-7-21-18(25)13-9-15(20)17(16(10-13)23-2)24-11-12-3-5-14(19)6-4-12/h3-6,9-10H,7-8,11H2,1-2H3,(H,21,25). The highest BCUT2D eigenvalue weighted by Gasteiger charge is 2.14. The minimum absolute atomic E-state index is 0.350. The number of hydrogen-bond donors (Lipinski definition) is 1. The molecule has 0 saturated heterocycles. The van der Waals surface area contributed by atoms with Crippen LogP contribution in [0.5, 0.6) is 11.5 Å². The SMILES string of the molecule is COCCNC(=S)c1cc(Cl)c(OCc2ccc(Cl)cc2)c(OC)c1. The van der Waals surface area contributed by atoms with Crippen LogP contribution in [0.1, 0.15) is 11.1 Å². The quantitative estimate of drug-likeness (QED) is 0.522. The Balaban J connectivity index is 2.12. The van der Waals surface area contributed by atoms with E-state index in [0.717, 1.165) is 11.1 Å². The highest BCUT2D eigenvalue weighted by atomic mass is 35.5. The average molecular weight is 400 g/mol. The number of halogens is 2. The fourth-order valence-electron chi connectivity index (χ4n) is 2.10. The summed E-state index contributed by atoms with van der Waals surface area (Å²) >= 11 is 17.6. The molecule has 4 nitrogen and oxygen atoms in total. The van der Waals surface area contributed by atoms with Crippen molar-refractivity contribution >= 4 is 40.4 Å². The molecule has 0 aromatic heterocycles. The summed E-state index contributed by atoms with van der Waals surface area (Å²) in [5.74, 6) is 0.995. The minimum atomic E-state index is 0.350. The second-order valence-corrected chi connectivity index (χ2v) is 6.41. The molecule has 134 valence electrons. The Morgan fingerprint density at radius 3 is 2.48 bits per heavy atom. The molecule has 0 amide bonds. The Labute approximate surface area is 163 Å². The first-order valence-electron chi connectivity index (χ1n) is 7.57. The third-order valence-electron chi connectivity index (χ3n) is 3.38. The molecule has 1 N–H and O–H groups in total. The van der Waals surface area contributed by atoms with Crippen LogP contribution in [0, 0.1) is 0 Å². The van der Waals surface area contributed by atoms with E-state index < -0.39 is 0 Å². The van der Waals surface area contributed by atoms with Crippen LogP contribution in [-0.4, -0.2) is 32.4 Å². The summed E-state index contributed by atoms with van der Waals surface area (Å²) in [4.78, 5) is 0.571. The number of hydrogen-bond acceptors (Lipinski definition) is 4. The summed E-state index contributed by atoms with van der Waals surface area (Å²) in [6.07, 6.45) is 0. The smallest absolute Gasteiger partial charge is 0.180 e. The van der Waals surface area contributed by atoms with Gasteiger partial charge in [-0.05, 0) is 29.8 Å². The molecule has 0 aliphatic heterocycles. The highest BCUT2D eigenvalue weighted by molar-refractivity contribution is 7.80. The minimum Gasteiger partial charge on any atom is -0.493 e. The van der Waals surface area contributed by atoms with Crippen molar-refractivity contribution in [1.29, 1.82) is 0 Å². The average Bonchev–Trinajstić information content (AvgIpc) is 2.61. The van der Waals surface area contributed by atoms with Gasteiger partial charge < -0.3 is 19.5 Å². The fourth-order valence-corrected chi connectivity index (χ4v) is 2.71. The maximum atomic E-state index is 6.37. The highest BCUT2D eigenvalue weighted by Crippen LogP contribution is 2.37. The zero-order chi connectivity index (χ0) is 18.2. The van der Waals surface area contributed by atoms with Gasteiger partial charge in [0.25, 0.3) is 0 Å². The molecule has 25 heavy (non-hydrogen) atoms. The van der Waals surface area contributed by atoms with Crippen LogP contribution in [0.4, 0.5) is 0 Å². The third-order valence-corrected chi connectivity index (χ3v) is 4.29. The van der Waals surface area contributed by atoms with Crippen molar-refractivity contribution in [3.63, 3.8) is 0 Å². The monoisotopic (exact) mass is 399 g/mol. The molecule has 0 aliphatic carbocycles. The number of methoxy groups -OCH3 is 2.